The van der Waals surface area contributed by atoms with E-state index >= 15 is 0 Å². The largest absolute Gasteiger partial charge is 0.455 e. The molecule has 0 atom stereocenters. The van der Waals surface area contributed by atoms with E-state index in [0.717, 1.165) is 51.9 Å². The highest BCUT2D eigenvalue weighted by Gasteiger charge is 2.20. The van der Waals surface area contributed by atoms with Gasteiger partial charge in [-0.25, -0.2) is 5.43 Å². The third-order valence-electron chi connectivity index (χ3n) is 6.21. The lowest BCUT2D eigenvalue weighted by Crippen LogP contribution is -2.34. The lowest BCUT2D eigenvalue weighted by atomic mass is 10.1. The maximum Gasteiger partial charge on any atom is 0.270 e. The first-order valence-electron chi connectivity index (χ1n) is 12.1. The molecular weight excluding hydrogens is 448 g/mol. The van der Waals surface area contributed by atoms with Gasteiger partial charge >= 0.3 is 0 Å². The molecule has 11 heteroatoms. The summed E-state index contributed by atoms with van der Waals surface area (Å²) in [5.74, 6) is 2.78. The maximum atomic E-state index is 11.0. The molecule has 2 saturated heterocycles. The van der Waals surface area contributed by atoms with Crippen LogP contribution in [0.2, 0.25) is 0 Å². The minimum absolute atomic E-state index is 0.0136. The average molecular weight is 477 g/mol. The second kappa shape index (κ2) is 10.5. The highest BCUT2D eigenvalue weighted by atomic mass is 16.6. The second-order valence-electron chi connectivity index (χ2n) is 8.73. The SMILES string of the molecule is O=[N+]([O-])c1cccc(-c2ccc(/C=N/Nc3nc(N4CCCCC4)nc(N4CCCCC4)n3)o2)c1. The molecule has 2 aromatic heterocycles. The molecule has 0 bridgehead atoms. The topological polar surface area (TPSA) is 126 Å². The predicted octanol–water partition coefficient (Wildman–Crippen LogP) is 4.47. The molecule has 2 aliphatic rings. The Hall–Kier alpha value is -4.02. The first-order valence-corrected chi connectivity index (χ1v) is 12.1. The number of non-ortho nitro benzene ring substituents is 1. The summed E-state index contributed by atoms with van der Waals surface area (Å²) in [6.07, 6.45) is 8.54. The third-order valence-corrected chi connectivity index (χ3v) is 6.21. The van der Waals surface area contributed by atoms with Crippen molar-refractivity contribution in [3.63, 3.8) is 0 Å². The van der Waals surface area contributed by atoms with E-state index in [1.54, 1.807) is 24.3 Å². The fraction of sp³-hybridized carbons (Fsp3) is 0.417. The van der Waals surface area contributed by atoms with Gasteiger partial charge < -0.3 is 14.2 Å². The summed E-state index contributed by atoms with van der Waals surface area (Å²) >= 11 is 0. The van der Waals surface area contributed by atoms with Crippen molar-refractivity contribution in [3.8, 4) is 11.3 Å². The molecule has 0 unspecified atom stereocenters. The van der Waals surface area contributed by atoms with Crippen LogP contribution in [-0.4, -0.2) is 52.3 Å². The number of nitro benzene ring substituents is 1. The van der Waals surface area contributed by atoms with Crippen molar-refractivity contribution in [1.29, 1.82) is 0 Å². The Balaban J connectivity index is 1.32. The molecule has 0 saturated carbocycles. The van der Waals surface area contributed by atoms with Gasteiger partial charge in [0.1, 0.15) is 11.5 Å². The molecule has 11 nitrogen and oxygen atoms in total. The minimum Gasteiger partial charge on any atom is -0.455 e. The van der Waals surface area contributed by atoms with E-state index in [9.17, 15) is 10.1 Å². The van der Waals surface area contributed by atoms with E-state index in [2.05, 4.69) is 30.3 Å². The van der Waals surface area contributed by atoms with Crippen LogP contribution >= 0.6 is 0 Å². The lowest BCUT2D eigenvalue weighted by Gasteiger charge is -2.30. The molecule has 1 aromatic carbocycles. The second-order valence-corrected chi connectivity index (χ2v) is 8.73. The zero-order chi connectivity index (χ0) is 24.0. The Morgan fingerprint density at radius 2 is 1.57 bits per heavy atom. The van der Waals surface area contributed by atoms with Crippen LogP contribution in [0.5, 0.6) is 0 Å². The number of anilines is 3. The highest BCUT2D eigenvalue weighted by Crippen LogP contribution is 2.26. The number of nitro groups is 1. The number of hydrogen-bond donors (Lipinski definition) is 1. The van der Waals surface area contributed by atoms with Gasteiger partial charge in [-0.05, 0) is 50.7 Å². The first-order chi connectivity index (χ1) is 17.2. The van der Waals surface area contributed by atoms with Crippen molar-refractivity contribution in [1.82, 2.24) is 15.0 Å². The summed E-state index contributed by atoms with van der Waals surface area (Å²) in [6.45, 7) is 3.77. The number of nitrogens with zero attached hydrogens (tertiary/aromatic N) is 7. The van der Waals surface area contributed by atoms with E-state index in [-0.39, 0.29) is 5.69 Å². The maximum absolute atomic E-state index is 11.0. The van der Waals surface area contributed by atoms with Gasteiger partial charge in [-0.2, -0.15) is 20.1 Å². The highest BCUT2D eigenvalue weighted by molar-refractivity contribution is 5.78. The standard InChI is InChI=1S/C24H28N8O3/c33-32(34)19-9-7-8-18(16-19)21-11-10-20(35-21)17-25-29-22-26-23(30-12-3-1-4-13-30)28-24(27-22)31-14-5-2-6-15-31/h7-11,16-17H,1-6,12-15H2,(H,26,27,28,29)/b25-17+. The van der Waals surface area contributed by atoms with E-state index in [1.165, 1.54) is 31.2 Å². The normalized spacial score (nSPS) is 16.6. The fourth-order valence-corrected chi connectivity index (χ4v) is 4.38. The molecule has 1 N–H and O–H groups in total. The monoisotopic (exact) mass is 476 g/mol. The summed E-state index contributed by atoms with van der Waals surface area (Å²) in [4.78, 5) is 29.1. The summed E-state index contributed by atoms with van der Waals surface area (Å²) in [5.41, 5.74) is 3.57. The summed E-state index contributed by atoms with van der Waals surface area (Å²) < 4.78 is 5.80. The van der Waals surface area contributed by atoms with Crippen LogP contribution in [0.1, 0.15) is 44.3 Å². The van der Waals surface area contributed by atoms with Crippen molar-refractivity contribution in [2.75, 3.05) is 41.4 Å². The Morgan fingerprint density at radius 3 is 2.20 bits per heavy atom. The van der Waals surface area contributed by atoms with Crippen molar-refractivity contribution in [2.24, 2.45) is 5.10 Å². The van der Waals surface area contributed by atoms with Crippen molar-refractivity contribution in [2.45, 2.75) is 38.5 Å². The average Bonchev–Trinajstić information content (AvgIpc) is 3.39. The number of benzene rings is 1. The van der Waals surface area contributed by atoms with Gasteiger partial charge in [-0.15, -0.1) is 0 Å². The molecule has 2 fully saturated rings. The molecule has 0 radical (unpaired) electrons. The van der Waals surface area contributed by atoms with Gasteiger partial charge in [0.15, 0.2) is 0 Å². The van der Waals surface area contributed by atoms with E-state index in [1.807, 2.05) is 0 Å². The van der Waals surface area contributed by atoms with E-state index < -0.39 is 4.92 Å². The molecule has 0 spiro atoms. The van der Waals surface area contributed by atoms with Crippen LogP contribution in [-0.2, 0) is 0 Å². The van der Waals surface area contributed by atoms with Crippen molar-refractivity contribution >= 4 is 29.7 Å². The van der Waals surface area contributed by atoms with Gasteiger partial charge in [-0.3, -0.25) is 10.1 Å². The number of piperidine rings is 2. The number of furan rings is 1. The van der Waals surface area contributed by atoms with Gasteiger partial charge in [0, 0.05) is 43.9 Å². The number of hydrogen-bond acceptors (Lipinski definition) is 10. The predicted molar refractivity (Wildman–Crippen MR) is 134 cm³/mol. The van der Waals surface area contributed by atoms with Gasteiger partial charge in [0.05, 0.1) is 11.1 Å². The molecule has 182 valence electrons. The quantitative estimate of drug-likeness (QED) is 0.299. The third kappa shape index (κ3) is 5.56. The summed E-state index contributed by atoms with van der Waals surface area (Å²) in [7, 11) is 0. The Bertz CT molecular complexity index is 1160. The number of nitrogens with one attached hydrogen (secondary N) is 1. The molecule has 35 heavy (non-hydrogen) atoms. The van der Waals surface area contributed by atoms with Gasteiger partial charge in [-0.1, -0.05) is 12.1 Å². The zero-order valence-corrected chi connectivity index (χ0v) is 19.5. The lowest BCUT2D eigenvalue weighted by molar-refractivity contribution is -0.384. The van der Waals surface area contributed by atoms with Crippen LogP contribution in [0.25, 0.3) is 11.3 Å². The van der Waals surface area contributed by atoms with Gasteiger partial charge in [0.2, 0.25) is 17.8 Å². The smallest absolute Gasteiger partial charge is 0.270 e. The van der Waals surface area contributed by atoms with Crippen LogP contribution in [0.15, 0.2) is 45.9 Å². The van der Waals surface area contributed by atoms with Crippen LogP contribution in [0.3, 0.4) is 0 Å². The molecule has 0 amide bonds. The number of rotatable bonds is 7. The van der Waals surface area contributed by atoms with Crippen molar-refractivity contribution in [3.05, 3.63) is 52.3 Å². The van der Waals surface area contributed by atoms with E-state index in [4.69, 9.17) is 9.40 Å². The Labute approximate surface area is 203 Å². The van der Waals surface area contributed by atoms with Crippen molar-refractivity contribution < 1.29 is 9.34 Å². The molecule has 2 aliphatic heterocycles. The summed E-state index contributed by atoms with van der Waals surface area (Å²) in [5, 5.41) is 15.3. The molecule has 0 aliphatic carbocycles. The molecule has 3 aromatic rings. The molecular formula is C24H28N8O3. The Morgan fingerprint density at radius 1 is 0.914 bits per heavy atom. The van der Waals surface area contributed by atoms with Gasteiger partial charge in [0.25, 0.3) is 5.69 Å². The number of hydrazone groups is 1. The first kappa shape index (κ1) is 22.8. The van der Waals surface area contributed by atoms with Crippen LogP contribution < -0.4 is 15.2 Å². The fourth-order valence-electron chi connectivity index (χ4n) is 4.38. The minimum atomic E-state index is -0.427. The van der Waals surface area contributed by atoms with Crippen LogP contribution in [0.4, 0.5) is 23.5 Å². The molecule has 4 heterocycles. The molecule has 5 rings (SSSR count). The number of aromatic nitrogens is 3. The Kier molecular flexibility index (Phi) is 6.82. The summed E-state index contributed by atoms with van der Waals surface area (Å²) in [6, 6.07) is 9.83. The van der Waals surface area contributed by atoms with E-state index in [0.29, 0.717) is 34.9 Å². The zero-order valence-electron chi connectivity index (χ0n) is 19.5. The van der Waals surface area contributed by atoms with Crippen LogP contribution in [0, 0.1) is 10.1 Å².